The molecule has 1 aliphatic rings. The predicted molar refractivity (Wildman–Crippen MR) is 124 cm³/mol. The van der Waals surface area contributed by atoms with Crippen LogP contribution in [0.2, 0.25) is 0 Å². The highest BCUT2D eigenvalue weighted by molar-refractivity contribution is 5.82. The summed E-state index contributed by atoms with van der Waals surface area (Å²) in [7, 11) is 1.51. The summed E-state index contributed by atoms with van der Waals surface area (Å²) >= 11 is 0. The van der Waals surface area contributed by atoms with Crippen LogP contribution in [0.3, 0.4) is 0 Å². The molecule has 2 N–H and O–H groups in total. The van der Waals surface area contributed by atoms with Gasteiger partial charge in [-0.1, -0.05) is 12.1 Å². The second kappa shape index (κ2) is 9.60. The SMILES string of the molecule is COCCOc1cc2nc(-c3nnc4ccc([C@@H](N5CCC(N)C5)C(F)(F)F)cn34)ccc2cc1F. The third kappa shape index (κ3) is 4.71. The van der Waals surface area contributed by atoms with Crippen molar-refractivity contribution in [2.24, 2.45) is 5.73 Å². The van der Waals surface area contributed by atoms with Crippen LogP contribution in [0, 0.1) is 5.82 Å². The van der Waals surface area contributed by atoms with E-state index >= 15 is 0 Å². The van der Waals surface area contributed by atoms with Gasteiger partial charge >= 0.3 is 6.18 Å². The fourth-order valence-corrected chi connectivity index (χ4v) is 4.49. The van der Waals surface area contributed by atoms with Gasteiger partial charge in [-0.25, -0.2) is 9.37 Å². The third-order valence-electron chi connectivity index (χ3n) is 6.19. The van der Waals surface area contributed by atoms with E-state index in [1.165, 1.54) is 46.9 Å². The van der Waals surface area contributed by atoms with Crippen LogP contribution in [0.4, 0.5) is 17.6 Å². The van der Waals surface area contributed by atoms with E-state index < -0.39 is 18.0 Å². The van der Waals surface area contributed by atoms with Crippen molar-refractivity contribution < 1.29 is 27.0 Å². The van der Waals surface area contributed by atoms with Crippen LogP contribution in [0.15, 0.2) is 42.6 Å². The van der Waals surface area contributed by atoms with Crippen molar-refractivity contribution in [2.45, 2.75) is 24.7 Å². The van der Waals surface area contributed by atoms with Crippen LogP contribution < -0.4 is 10.5 Å². The first-order valence-corrected chi connectivity index (χ1v) is 11.4. The molecule has 0 bridgehead atoms. The normalized spacial score (nSPS) is 17.8. The van der Waals surface area contributed by atoms with Crippen molar-refractivity contribution in [3.05, 3.63) is 54.0 Å². The van der Waals surface area contributed by atoms with E-state index in [4.69, 9.17) is 15.2 Å². The van der Waals surface area contributed by atoms with Crippen molar-refractivity contribution in [3.8, 4) is 17.3 Å². The van der Waals surface area contributed by atoms with Gasteiger partial charge in [0.25, 0.3) is 0 Å². The summed E-state index contributed by atoms with van der Waals surface area (Å²) < 4.78 is 68.5. The van der Waals surface area contributed by atoms with Crippen LogP contribution in [-0.2, 0) is 4.74 Å². The summed E-state index contributed by atoms with van der Waals surface area (Å²) in [5, 5.41) is 8.78. The summed E-state index contributed by atoms with van der Waals surface area (Å²) in [4.78, 5) is 5.91. The van der Waals surface area contributed by atoms with Gasteiger partial charge in [0.1, 0.15) is 18.3 Å². The Balaban J connectivity index is 1.54. The van der Waals surface area contributed by atoms with E-state index in [0.29, 0.717) is 35.3 Å². The van der Waals surface area contributed by atoms with Gasteiger partial charge in [0, 0.05) is 43.9 Å². The largest absolute Gasteiger partial charge is 0.488 e. The number of likely N-dealkylation sites (tertiary alicyclic amines) is 1. The van der Waals surface area contributed by atoms with Crippen molar-refractivity contribution in [3.63, 3.8) is 0 Å². The molecule has 1 aromatic carbocycles. The van der Waals surface area contributed by atoms with Gasteiger partial charge in [-0.05, 0) is 30.2 Å². The van der Waals surface area contributed by atoms with Crippen LogP contribution in [0.1, 0.15) is 18.0 Å². The van der Waals surface area contributed by atoms with Crippen LogP contribution in [0.5, 0.6) is 5.75 Å². The molecule has 1 aliphatic heterocycles. The maximum Gasteiger partial charge on any atom is 0.408 e. The zero-order valence-corrected chi connectivity index (χ0v) is 19.4. The number of fused-ring (bicyclic) bond motifs is 2. The van der Waals surface area contributed by atoms with Gasteiger partial charge in [-0.2, -0.15) is 13.2 Å². The topological polar surface area (TPSA) is 90.8 Å². The number of hydrogen-bond donors (Lipinski definition) is 1. The second-order valence-corrected chi connectivity index (χ2v) is 8.72. The number of benzene rings is 1. The molecule has 4 aromatic rings. The van der Waals surface area contributed by atoms with Crippen LogP contribution >= 0.6 is 0 Å². The number of pyridine rings is 2. The second-order valence-electron chi connectivity index (χ2n) is 8.72. The average Bonchev–Trinajstić information content (AvgIpc) is 3.44. The van der Waals surface area contributed by atoms with Gasteiger partial charge in [0.05, 0.1) is 12.1 Å². The van der Waals surface area contributed by atoms with Gasteiger partial charge in [-0.15, -0.1) is 10.2 Å². The monoisotopic (exact) mass is 504 g/mol. The summed E-state index contributed by atoms with van der Waals surface area (Å²) in [6.07, 6.45) is -2.59. The number of hydrogen-bond acceptors (Lipinski definition) is 7. The summed E-state index contributed by atoms with van der Waals surface area (Å²) in [6, 6.07) is 6.88. The smallest absolute Gasteiger partial charge is 0.408 e. The zero-order chi connectivity index (χ0) is 25.4. The first kappa shape index (κ1) is 24.3. The number of ether oxygens (including phenoxy) is 2. The molecule has 0 amide bonds. The zero-order valence-electron chi connectivity index (χ0n) is 19.4. The van der Waals surface area contributed by atoms with Gasteiger partial charge < -0.3 is 15.2 Å². The highest BCUT2D eigenvalue weighted by Gasteiger charge is 2.46. The first-order valence-electron chi connectivity index (χ1n) is 11.4. The Bertz CT molecular complexity index is 1390. The lowest BCUT2D eigenvalue weighted by Crippen LogP contribution is -2.38. The molecular weight excluding hydrogens is 480 g/mol. The Morgan fingerprint density at radius 1 is 1.14 bits per heavy atom. The molecule has 0 saturated carbocycles. The number of halogens is 4. The number of methoxy groups -OCH3 is 1. The molecule has 4 heterocycles. The third-order valence-corrected chi connectivity index (χ3v) is 6.19. The lowest BCUT2D eigenvalue weighted by molar-refractivity contribution is -0.183. The number of alkyl halides is 3. The molecule has 0 spiro atoms. The fraction of sp³-hybridized carbons (Fsp3) is 0.375. The lowest BCUT2D eigenvalue weighted by atomic mass is 10.1. The average molecular weight is 504 g/mol. The van der Waals surface area contributed by atoms with Gasteiger partial charge in [-0.3, -0.25) is 9.30 Å². The quantitative estimate of drug-likeness (QED) is 0.303. The van der Waals surface area contributed by atoms with E-state index in [-0.39, 0.29) is 42.9 Å². The number of aromatic nitrogens is 4. The number of nitrogens with zero attached hydrogens (tertiary/aromatic N) is 5. The molecule has 0 aliphatic carbocycles. The Kier molecular flexibility index (Phi) is 6.49. The number of nitrogens with two attached hydrogens (primary N) is 1. The summed E-state index contributed by atoms with van der Waals surface area (Å²) in [6.45, 7) is 0.880. The van der Waals surface area contributed by atoms with E-state index in [9.17, 15) is 17.6 Å². The molecule has 1 unspecified atom stereocenters. The van der Waals surface area contributed by atoms with Crippen LogP contribution in [-0.4, -0.2) is 70.1 Å². The Hall–Kier alpha value is -3.35. The molecule has 1 fully saturated rings. The Labute approximate surface area is 203 Å². The van der Waals surface area contributed by atoms with E-state index in [1.54, 1.807) is 12.1 Å². The lowest BCUT2D eigenvalue weighted by Gasteiger charge is -2.30. The minimum absolute atomic E-state index is 0.0226. The molecule has 5 rings (SSSR count). The van der Waals surface area contributed by atoms with E-state index in [0.717, 1.165) is 0 Å². The minimum Gasteiger partial charge on any atom is -0.488 e. The van der Waals surface area contributed by atoms with E-state index in [2.05, 4.69) is 15.2 Å². The summed E-state index contributed by atoms with van der Waals surface area (Å²) in [5.74, 6) is -0.251. The molecule has 2 atom stereocenters. The molecule has 0 radical (unpaired) electrons. The molecule has 3 aromatic heterocycles. The molecule has 1 saturated heterocycles. The number of rotatable bonds is 7. The van der Waals surface area contributed by atoms with Gasteiger partial charge in [0.2, 0.25) is 0 Å². The van der Waals surface area contributed by atoms with Crippen molar-refractivity contribution in [1.82, 2.24) is 24.5 Å². The molecule has 12 heteroatoms. The maximum atomic E-state index is 14.4. The summed E-state index contributed by atoms with van der Waals surface area (Å²) in [5.41, 5.74) is 7.11. The maximum absolute atomic E-state index is 14.4. The van der Waals surface area contributed by atoms with E-state index in [1.807, 2.05) is 0 Å². The highest BCUT2D eigenvalue weighted by atomic mass is 19.4. The predicted octanol–water partition coefficient (Wildman–Crippen LogP) is 3.75. The molecule has 36 heavy (non-hydrogen) atoms. The standard InChI is InChI=1S/C24H24F4N6O2/c1-35-8-9-36-20-11-19-14(10-17(20)25)2-4-18(30-19)23-32-31-21-5-3-15(12-34(21)23)22(24(26,27)28)33-7-6-16(29)13-33/h2-5,10-12,16,22H,6-9,13,29H2,1H3/t16?,22-/m1/s1. The minimum atomic E-state index is -4.49. The molecule has 190 valence electrons. The van der Waals surface area contributed by atoms with Crippen molar-refractivity contribution in [1.29, 1.82) is 0 Å². The van der Waals surface area contributed by atoms with Gasteiger partial charge in [0.15, 0.2) is 23.0 Å². The van der Waals surface area contributed by atoms with Crippen molar-refractivity contribution >= 4 is 16.6 Å². The molecule has 8 nitrogen and oxygen atoms in total. The molecular formula is C24H24F4N6O2. The van der Waals surface area contributed by atoms with Crippen molar-refractivity contribution in [2.75, 3.05) is 33.4 Å². The van der Waals surface area contributed by atoms with Crippen LogP contribution in [0.25, 0.3) is 28.1 Å². The fourth-order valence-electron chi connectivity index (χ4n) is 4.49. The highest BCUT2D eigenvalue weighted by Crippen LogP contribution is 2.39. The Morgan fingerprint density at radius 2 is 1.97 bits per heavy atom. The Morgan fingerprint density at radius 3 is 2.69 bits per heavy atom. The first-order chi connectivity index (χ1) is 17.2.